The number of carbonyl (C=O) groups excluding carboxylic acids is 2. The van der Waals surface area contributed by atoms with Gasteiger partial charge in [-0.05, 0) is 90.0 Å². The summed E-state index contributed by atoms with van der Waals surface area (Å²) in [5, 5.41) is 0.510. The van der Waals surface area contributed by atoms with E-state index in [1.807, 2.05) is 24.3 Å². The SMILES string of the molecule is COc1ccc(Cl)c(CC(=O)c2ccc(F)cc2)c1.COc1cccc(CC(=O)c2ccc(F)cc2)c1. The molecule has 4 aromatic rings. The van der Waals surface area contributed by atoms with Crippen LogP contribution in [0, 0.1) is 11.6 Å². The van der Waals surface area contributed by atoms with Crippen molar-refractivity contribution < 1.29 is 27.8 Å². The zero-order valence-electron chi connectivity index (χ0n) is 20.3. The molecule has 0 saturated heterocycles. The molecule has 7 heteroatoms. The average molecular weight is 523 g/mol. The molecule has 0 atom stereocenters. The topological polar surface area (TPSA) is 52.6 Å². The van der Waals surface area contributed by atoms with E-state index in [1.165, 1.54) is 48.5 Å². The summed E-state index contributed by atoms with van der Waals surface area (Å²) in [4.78, 5) is 24.0. The smallest absolute Gasteiger partial charge is 0.167 e. The van der Waals surface area contributed by atoms with Crippen LogP contribution < -0.4 is 9.47 Å². The second kappa shape index (κ2) is 13.3. The number of halogens is 3. The summed E-state index contributed by atoms with van der Waals surface area (Å²) in [5.74, 6) is 0.507. The van der Waals surface area contributed by atoms with Crippen LogP contribution >= 0.6 is 11.6 Å². The first-order valence-electron chi connectivity index (χ1n) is 11.3. The summed E-state index contributed by atoms with van der Waals surface area (Å²) in [6.07, 6.45) is 0.435. The molecular formula is C30H25ClF2O4. The first-order valence-corrected chi connectivity index (χ1v) is 11.7. The number of hydrogen-bond donors (Lipinski definition) is 0. The third kappa shape index (κ3) is 8.26. The minimum absolute atomic E-state index is 0.0387. The molecule has 190 valence electrons. The molecule has 0 N–H and O–H groups in total. The van der Waals surface area contributed by atoms with Gasteiger partial charge >= 0.3 is 0 Å². The minimum Gasteiger partial charge on any atom is -0.497 e. The van der Waals surface area contributed by atoms with Gasteiger partial charge < -0.3 is 9.47 Å². The van der Waals surface area contributed by atoms with Gasteiger partial charge in [-0.2, -0.15) is 0 Å². The van der Waals surface area contributed by atoms with Gasteiger partial charge in [0.15, 0.2) is 11.6 Å². The summed E-state index contributed by atoms with van der Waals surface area (Å²) >= 11 is 6.04. The molecule has 0 aliphatic heterocycles. The molecule has 0 aromatic heterocycles. The summed E-state index contributed by atoms with van der Waals surface area (Å²) in [7, 11) is 3.13. The molecule has 0 spiro atoms. The van der Waals surface area contributed by atoms with Crippen molar-refractivity contribution in [2.45, 2.75) is 12.8 Å². The first-order chi connectivity index (χ1) is 17.8. The fourth-order valence-electron chi connectivity index (χ4n) is 3.43. The molecule has 4 nitrogen and oxygen atoms in total. The van der Waals surface area contributed by atoms with Gasteiger partial charge in [-0.3, -0.25) is 9.59 Å². The van der Waals surface area contributed by atoms with Crippen molar-refractivity contribution in [1.82, 2.24) is 0 Å². The van der Waals surface area contributed by atoms with E-state index in [0.717, 1.165) is 11.3 Å². The number of benzene rings is 4. The standard InChI is InChI=1S/C15H12ClFO2.C15H13FO2/c1-19-13-6-7-14(16)11(8-13)9-15(18)10-2-4-12(17)5-3-10;1-18-14-4-2-3-11(9-14)10-15(17)12-5-7-13(16)8-6-12/h2-8H,9H2,1H3;2-9H,10H2,1H3. The van der Waals surface area contributed by atoms with Gasteiger partial charge in [0, 0.05) is 29.0 Å². The van der Waals surface area contributed by atoms with Gasteiger partial charge in [0.25, 0.3) is 0 Å². The lowest BCUT2D eigenvalue weighted by Crippen LogP contribution is -2.04. The van der Waals surface area contributed by atoms with E-state index in [0.29, 0.717) is 27.5 Å². The highest BCUT2D eigenvalue weighted by Gasteiger charge is 2.11. The van der Waals surface area contributed by atoms with Gasteiger partial charge in [-0.15, -0.1) is 0 Å². The third-order valence-electron chi connectivity index (χ3n) is 5.44. The third-order valence-corrected chi connectivity index (χ3v) is 5.80. The molecule has 0 saturated carbocycles. The zero-order valence-corrected chi connectivity index (χ0v) is 21.1. The lowest BCUT2D eigenvalue weighted by atomic mass is 10.0. The largest absolute Gasteiger partial charge is 0.497 e. The highest BCUT2D eigenvalue weighted by atomic mass is 35.5. The van der Waals surface area contributed by atoms with E-state index < -0.39 is 0 Å². The first kappa shape index (κ1) is 27.6. The summed E-state index contributed by atoms with van der Waals surface area (Å²) < 4.78 is 35.7. The van der Waals surface area contributed by atoms with E-state index in [1.54, 1.807) is 32.4 Å². The Bertz CT molecular complexity index is 1350. The Labute approximate surface area is 219 Å². The van der Waals surface area contributed by atoms with Gasteiger partial charge in [0.1, 0.15) is 23.1 Å². The molecule has 0 heterocycles. The van der Waals surface area contributed by atoms with Crippen LogP contribution in [0.3, 0.4) is 0 Å². The van der Waals surface area contributed by atoms with Crippen molar-refractivity contribution in [2.75, 3.05) is 14.2 Å². The Hall–Kier alpha value is -4.03. The molecule has 4 aromatic carbocycles. The number of methoxy groups -OCH3 is 2. The van der Waals surface area contributed by atoms with Crippen LogP contribution in [0.25, 0.3) is 0 Å². The highest BCUT2D eigenvalue weighted by molar-refractivity contribution is 6.31. The Morgan fingerprint density at radius 1 is 0.676 bits per heavy atom. The van der Waals surface area contributed by atoms with E-state index in [2.05, 4.69) is 0 Å². The van der Waals surface area contributed by atoms with Crippen molar-refractivity contribution in [3.63, 3.8) is 0 Å². The molecule has 0 bridgehead atoms. The minimum atomic E-state index is -0.365. The predicted octanol–water partition coefficient (Wildman–Crippen LogP) is 7.17. The Morgan fingerprint density at radius 2 is 1.19 bits per heavy atom. The summed E-state index contributed by atoms with van der Waals surface area (Å²) in [5.41, 5.74) is 2.54. The van der Waals surface area contributed by atoms with Crippen LogP contribution in [0.1, 0.15) is 31.8 Å². The molecule has 37 heavy (non-hydrogen) atoms. The maximum Gasteiger partial charge on any atom is 0.167 e. The molecule has 0 amide bonds. The number of hydrogen-bond acceptors (Lipinski definition) is 4. The lowest BCUT2D eigenvalue weighted by Gasteiger charge is -2.06. The van der Waals surface area contributed by atoms with Crippen molar-refractivity contribution in [2.24, 2.45) is 0 Å². The van der Waals surface area contributed by atoms with Crippen LogP contribution in [0.2, 0.25) is 5.02 Å². The highest BCUT2D eigenvalue weighted by Crippen LogP contribution is 2.23. The average Bonchev–Trinajstić information content (AvgIpc) is 2.91. The van der Waals surface area contributed by atoms with Crippen LogP contribution in [0.4, 0.5) is 8.78 Å². The van der Waals surface area contributed by atoms with E-state index in [9.17, 15) is 18.4 Å². The Kier molecular flexibility index (Phi) is 9.92. The number of carbonyl (C=O) groups is 2. The molecule has 0 unspecified atom stereocenters. The second-order valence-electron chi connectivity index (χ2n) is 8.02. The zero-order chi connectivity index (χ0) is 26.8. The van der Waals surface area contributed by atoms with E-state index in [4.69, 9.17) is 21.1 Å². The van der Waals surface area contributed by atoms with Gasteiger partial charge in [-0.1, -0.05) is 23.7 Å². The Balaban J connectivity index is 0.000000206. The van der Waals surface area contributed by atoms with Gasteiger partial charge in [0.2, 0.25) is 0 Å². The van der Waals surface area contributed by atoms with Gasteiger partial charge in [-0.25, -0.2) is 8.78 Å². The molecular weight excluding hydrogens is 498 g/mol. The van der Waals surface area contributed by atoms with Crippen molar-refractivity contribution in [3.05, 3.63) is 130 Å². The number of Topliss-reactive ketones (excluding diaryl/α,β-unsaturated/α-hetero) is 2. The van der Waals surface area contributed by atoms with Crippen molar-refractivity contribution >= 4 is 23.2 Å². The number of ketones is 2. The molecule has 0 radical (unpaired) electrons. The molecule has 0 aliphatic rings. The molecule has 4 rings (SSSR count). The second-order valence-corrected chi connectivity index (χ2v) is 8.43. The van der Waals surface area contributed by atoms with Crippen molar-refractivity contribution in [1.29, 1.82) is 0 Å². The monoisotopic (exact) mass is 522 g/mol. The maximum absolute atomic E-state index is 12.8. The Morgan fingerprint density at radius 3 is 1.73 bits per heavy atom. The fraction of sp³-hybridized carbons (Fsp3) is 0.133. The van der Waals surface area contributed by atoms with E-state index >= 15 is 0 Å². The number of rotatable bonds is 8. The van der Waals surface area contributed by atoms with Gasteiger partial charge in [0.05, 0.1) is 14.2 Å². The van der Waals surface area contributed by atoms with Crippen LogP contribution in [0.5, 0.6) is 11.5 Å². The number of ether oxygens (including phenoxy) is 2. The summed E-state index contributed by atoms with van der Waals surface area (Å²) in [6, 6.07) is 23.5. The molecule has 0 fully saturated rings. The normalized spacial score (nSPS) is 10.2. The van der Waals surface area contributed by atoms with E-state index in [-0.39, 0.29) is 36.0 Å². The maximum atomic E-state index is 12.8. The van der Waals surface area contributed by atoms with Crippen LogP contribution in [-0.4, -0.2) is 25.8 Å². The fourth-order valence-corrected chi connectivity index (χ4v) is 3.61. The van der Waals surface area contributed by atoms with Crippen LogP contribution in [0.15, 0.2) is 91.0 Å². The predicted molar refractivity (Wildman–Crippen MR) is 140 cm³/mol. The lowest BCUT2D eigenvalue weighted by molar-refractivity contribution is 0.0984. The quantitative estimate of drug-likeness (QED) is 0.230. The molecule has 0 aliphatic carbocycles. The summed E-state index contributed by atoms with van der Waals surface area (Å²) in [6.45, 7) is 0. The van der Waals surface area contributed by atoms with Crippen molar-refractivity contribution in [3.8, 4) is 11.5 Å². The van der Waals surface area contributed by atoms with Crippen LogP contribution in [-0.2, 0) is 12.8 Å².